The lowest BCUT2D eigenvalue weighted by atomic mass is 10.1. The number of carbonyl (C=O) groups is 1. The van der Waals surface area contributed by atoms with E-state index in [4.69, 9.17) is 0 Å². The van der Waals surface area contributed by atoms with E-state index in [1.54, 1.807) is 12.1 Å². The van der Waals surface area contributed by atoms with Crippen LogP contribution in [0.2, 0.25) is 0 Å². The summed E-state index contributed by atoms with van der Waals surface area (Å²) in [6, 6.07) is 11.3. The summed E-state index contributed by atoms with van der Waals surface area (Å²) in [5, 5.41) is 2.93. The van der Waals surface area contributed by atoms with Crippen LogP contribution in [0.4, 0.5) is 5.69 Å². The molecule has 0 aromatic heterocycles. The Hall–Kier alpha value is -0.880. The second kappa shape index (κ2) is 6.05. The summed E-state index contributed by atoms with van der Waals surface area (Å²) >= 11 is 5.67. The van der Waals surface area contributed by atoms with Gasteiger partial charge in [0, 0.05) is 19.3 Å². The van der Waals surface area contributed by atoms with Gasteiger partial charge in [-0.2, -0.15) is 0 Å². The number of nitrogens with one attached hydrogen (secondary N) is 1. The minimum atomic E-state index is -0.0903. The van der Waals surface area contributed by atoms with Crippen LogP contribution in [0.5, 0.6) is 0 Å². The van der Waals surface area contributed by atoms with Crippen molar-refractivity contribution >= 4 is 50.1 Å². The molecule has 2 nitrogen and oxygen atoms in total. The van der Waals surface area contributed by atoms with Crippen LogP contribution in [0.3, 0.4) is 0 Å². The molecule has 4 heteroatoms. The standard InChI is InChI=1S/C15H13BrINO/c1-9-7-13(8-10(2)14(9)17)18-15(19)11-3-5-12(16)6-4-11/h3-8H,1-2H3,(H,18,19). The SMILES string of the molecule is Cc1cc(NC(=O)c2ccc(Br)cc2)cc(C)c1I. The van der Waals surface area contributed by atoms with Crippen molar-refractivity contribution in [3.63, 3.8) is 0 Å². The number of anilines is 1. The molecule has 19 heavy (non-hydrogen) atoms. The Bertz CT molecular complexity index is 600. The van der Waals surface area contributed by atoms with Crippen LogP contribution in [-0.4, -0.2) is 5.91 Å². The largest absolute Gasteiger partial charge is 0.322 e. The lowest BCUT2D eigenvalue weighted by Gasteiger charge is -2.09. The summed E-state index contributed by atoms with van der Waals surface area (Å²) in [6.45, 7) is 4.09. The van der Waals surface area contributed by atoms with Gasteiger partial charge in [-0.25, -0.2) is 0 Å². The molecule has 0 atom stereocenters. The fraction of sp³-hybridized carbons (Fsp3) is 0.133. The maximum atomic E-state index is 12.1. The van der Waals surface area contributed by atoms with Gasteiger partial charge in [-0.05, 0) is 84.0 Å². The number of amides is 1. The normalized spacial score (nSPS) is 10.3. The fourth-order valence-electron chi connectivity index (χ4n) is 1.82. The Kier molecular flexibility index (Phi) is 4.62. The van der Waals surface area contributed by atoms with Crippen LogP contribution in [0, 0.1) is 17.4 Å². The Morgan fingerprint density at radius 2 is 1.63 bits per heavy atom. The van der Waals surface area contributed by atoms with Gasteiger partial charge >= 0.3 is 0 Å². The zero-order valence-corrected chi connectivity index (χ0v) is 14.4. The summed E-state index contributed by atoms with van der Waals surface area (Å²) < 4.78 is 2.20. The molecule has 1 amide bonds. The van der Waals surface area contributed by atoms with Gasteiger partial charge in [0.05, 0.1) is 0 Å². The third kappa shape index (κ3) is 3.57. The summed E-state index contributed by atoms with van der Waals surface area (Å²) in [6.07, 6.45) is 0. The van der Waals surface area contributed by atoms with Crippen molar-refractivity contribution in [1.82, 2.24) is 0 Å². The number of aryl methyl sites for hydroxylation is 2. The quantitative estimate of drug-likeness (QED) is 0.674. The van der Waals surface area contributed by atoms with E-state index in [1.807, 2.05) is 38.1 Å². The highest BCUT2D eigenvalue weighted by atomic mass is 127. The Morgan fingerprint density at radius 3 is 2.16 bits per heavy atom. The fourth-order valence-corrected chi connectivity index (χ4v) is 2.40. The van der Waals surface area contributed by atoms with Gasteiger partial charge in [0.25, 0.3) is 5.91 Å². The summed E-state index contributed by atoms with van der Waals surface area (Å²) in [7, 11) is 0. The van der Waals surface area contributed by atoms with Crippen LogP contribution in [-0.2, 0) is 0 Å². The monoisotopic (exact) mass is 429 g/mol. The highest BCUT2D eigenvalue weighted by Gasteiger charge is 2.08. The first-order chi connectivity index (χ1) is 8.97. The number of benzene rings is 2. The molecule has 0 aliphatic rings. The molecule has 0 bridgehead atoms. The summed E-state index contributed by atoms with van der Waals surface area (Å²) in [5.74, 6) is -0.0903. The first-order valence-corrected chi connectivity index (χ1v) is 7.68. The van der Waals surface area contributed by atoms with Crippen LogP contribution in [0.25, 0.3) is 0 Å². The first-order valence-electron chi connectivity index (χ1n) is 5.81. The van der Waals surface area contributed by atoms with Gasteiger partial charge in [0.15, 0.2) is 0 Å². The third-order valence-corrected chi connectivity index (χ3v) is 5.03. The van der Waals surface area contributed by atoms with Gasteiger partial charge in [0.2, 0.25) is 0 Å². The van der Waals surface area contributed by atoms with E-state index >= 15 is 0 Å². The number of halogens is 2. The zero-order valence-electron chi connectivity index (χ0n) is 10.6. The topological polar surface area (TPSA) is 29.1 Å². The van der Waals surface area contributed by atoms with Crippen molar-refractivity contribution in [2.75, 3.05) is 5.32 Å². The van der Waals surface area contributed by atoms with Gasteiger partial charge in [-0.1, -0.05) is 15.9 Å². The molecule has 98 valence electrons. The molecule has 0 saturated carbocycles. The second-order valence-electron chi connectivity index (χ2n) is 4.39. The molecular weight excluding hydrogens is 417 g/mol. The molecule has 0 unspecified atom stereocenters. The zero-order chi connectivity index (χ0) is 14.0. The molecule has 2 rings (SSSR count). The number of hydrogen-bond donors (Lipinski definition) is 1. The average molecular weight is 430 g/mol. The molecule has 0 spiro atoms. The predicted octanol–water partition coefficient (Wildman–Crippen LogP) is 4.92. The van der Waals surface area contributed by atoms with E-state index in [9.17, 15) is 4.79 Å². The molecule has 1 N–H and O–H groups in total. The molecule has 0 saturated heterocycles. The smallest absolute Gasteiger partial charge is 0.255 e. The molecule has 2 aromatic rings. The van der Waals surface area contributed by atoms with Crippen LogP contribution < -0.4 is 5.32 Å². The van der Waals surface area contributed by atoms with Crippen molar-refractivity contribution in [2.45, 2.75) is 13.8 Å². The van der Waals surface area contributed by atoms with E-state index in [0.717, 1.165) is 10.2 Å². The molecule has 0 aliphatic heterocycles. The molecule has 0 aliphatic carbocycles. The van der Waals surface area contributed by atoms with Gasteiger partial charge in [-0.15, -0.1) is 0 Å². The van der Waals surface area contributed by atoms with Crippen molar-refractivity contribution in [3.05, 3.63) is 61.1 Å². The van der Waals surface area contributed by atoms with E-state index < -0.39 is 0 Å². The predicted molar refractivity (Wildman–Crippen MR) is 90.7 cm³/mol. The molecule has 0 radical (unpaired) electrons. The lowest BCUT2D eigenvalue weighted by Crippen LogP contribution is -2.12. The van der Waals surface area contributed by atoms with Crippen molar-refractivity contribution in [3.8, 4) is 0 Å². The van der Waals surface area contributed by atoms with Crippen LogP contribution in [0.1, 0.15) is 21.5 Å². The lowest BCUT2D eigenvalue weighted by molar-refractivity contribution is 0.102. The Morgan fingerprint density at radius 1 is 1.11 bits per heavy atom. The Labute approximate surface area is 134 Å². The first kappa shape index (κ1) is 14.5. The Balaban J connectivity index is 2.22. The maximum Gasteiger partial charge on any atom is 0.255 e. The van der Waals surface area contributed by atoms with Crippen LogP contribution >= 0.6 is 38.5 Å². The summed E-state index contributed by atoms with van der Waals surface area (Å²) in [4.78, 5) is 12.1. The van der Waals surface area contributed by atoms with Gasteiger partial charge in [0.1, 0.15) is 0 Å². The maximum absolute atomic E-state index is 12.1. The highest BCUT2D eigenvalue weighted by molar-refractivity contribution is 14.1. The van der Waals surface area contributed by atoms with Crippen molar-refractivity contribution in [2.24, 2.45) is 0 Å². The minimum Gasteiger partial charge on any atom is -0.322 e. The van der Waals surface area contributed by atoms with E-state index in [1.165, 1.54) is 14.7 Å². The van der Waals surface area contributed by atoms with E-state index in [-0.39, 0.29) is 5.91 Å². The molecule has 0 heterocycles. The molecule has 0 fully saturated rings. The van der Waals surface area contributed by atoms with Gasteiger partial charge in [-0.3, -0.25) is 4.79 Å². The molecular formula is C15H13BrINO. The van der Waals surface area contributed by atoms with E-state index in [0.29, 0.717) is 5.56 Å². The number of hydrogen-bond acceptors (Lipinski definition) is 1. The van der Waals surface area contributed by atoms with Crippen LogP contribution in [0.15, 0.2) is 40.9 Å². The average Bonchev–Trinajstić information content (AvgIpc) is 2.36. The highest BCUT2D eigenvalue weighted by Crippen LogP contribution is 2.22. The molecule has 2 aromatic carbocycles. The number of carbonyl (C=O) groups excluding carboxylic acids is 1. The second-order valence-corrected chi connectivity index (χ2v) is 6.38. The summed E-state index contributed by atoms with van der Waals surface area (Å²) in [5.41, 5.74) is 3.83. The number of rotatable bonds is 2. The minimum absolute atomic E-state index is 0.0903. The van der Waals surface area contributed by atoms with Crippen molar-refractivity contribution in [1.29, 1.82) is 0 Å². The van der Waals surface area contributed by atoms with E-state index in [2.05, 4.69) is 43.8 Å². The van der Waals surface area contributed by atoms with Gasteiger partial charge < -0.3 is 5.32 Å². The third-order valence-electron chi connectivity index (χ3n) is 2.80. The van der Waals surface area contributed by atoms with Crippen molar-refractivity contribution < 1.29 is 4.79 Å².